The highest BCUT2D eigenvalue weighted by Gasteiger charge is 2.01. The van der Waals surface area contributed by atoms with Crippen LogP contribution in [0.1, 0.15) is 6.42 Å². The molecule has 0 aromatic carbocycles. The van der Waals surface area contributed by atoms with Crippen LogP contribution in [0.15, 0.2) is 24.2 Å². The van der Waals surface area contributed by atoms with Gasteiger partial charge in [0, 0.05) is 19.3 Å². The first-order chi connectivity index (χ1) is 5.33. The van der Waals surface area contributed by atoms with E-state index in [0.717, 1.165) is 13.0 Å². The molecular formula is C8H13FN2. The van der Waals surface area contributed by atoms with E-state index in [-0.39, 0.29) is 5.83 Å². The lowest BCUT2D eigenvalue weighted by atomic mass is 10.3. The molecule has 0 unspecified atom stereocenters. The van der Waals surface area contributed by atoms with Gasteiger partial charge in [0.05, 0.1) is 0 Å². The summed E-state index contributed by atoms with van der Waals surface area (Å²) >= 11 is 0. The number of hydrogen-bond acceptors (Lipinski definition) is 2. The fraction of sp³-hybridized carbons (Fsp3) is 0.500. The summed E-state index contributed by atoms with van der Waals surface area (Å²) in [5, 5.41) is 0. The molecule has 0 fully saturated rings. The van der Waals surface area contributed by atoms with Crippen LogP contribution in [0.3, 0.4) is 0 Å². The molecule has 62 valence electrons. The van der Waals surface area contributed by atoms with Crippen molar-refractivity contribution < 1.29 is 4.39 Å². The third kappa shape index (κ3) is 2.72. The van der Waals surface area contributed by atoms with Gasteiger partial charge in [-0.1, -0.05) is 0 Å². The molecule has 1 rings (SSSR count). The first-order valence-corrected chi connectivity index (χ1v) is 3.81. The molecule has 1 aliphatic heterocycles. The van der Waals surface area contributed by atoms with Crippen molar-refractivity contribution in [1.29, 1.82) is 0 Å². The Morgan fingerprint density at radius 2 is 2.45 bits per heavy atom. The zero-order valence-electron chi connectivity index (χ0n) is 6.46. The van der Waals surface area contributed by atoms with Crippen LogP contribution < -0.4 is 5.73 Å². The lowest BCUT2D eigenvalue weighted by Crippen LogP contribution is -2.22. The second-order valence-electron chi connectivity index (χ2n) is 2.54. The number of nitrogens with zero attached hydrogens (tertiary/aromatic N) is 1. The van der Waals surface area contributed by atoms with Crippen molar-refractivity contribution in [3.63, 3.8) is 0 Å². The molecule has 0 aromatic rings. The van der Waals surface area contributed by atoms with E-state index >= 15 is 0 Å². The summed E-state index contributed by atoms with van der Waals surface area (Å²) in [6, 6.07) is 0. The summed E-state index contributed by atoms with van der Waals surface area (Å²) in [5.74, 6) is -0.144. The first-order valence-electron chi connectivity index (χ1n) is 3.81. The third-order valence-electron chi connectivity index (χ3n) is 1.61. The van der Waals surface area contributed by atoms with Crippen LogP contribution in [0, 0.1) is 0 Å². The van der Waals surface area contributed by atoms with Gasteiger partial charge in [-0.25, -0.2) is 4.39 Å². The van der Waals surface area contributed by atoms with E-state index < -0.39 is 0 Å². The normalized spacial score (nSPS) is 16.9. The molecule has 0 saturated carbocycles. The highest BCUT2D eigenvalue weighted by Crippen LogP contribution is 2.07. The maximum atomic E-state index is 12.4. The van der Waals surface area contributed by atoms with Crippen LogP contribution in [0.4, 0.5) is 4.39 Å². The zero-order chi connectivity index (χ0) is 8.10. The van der Waals surface area contributed by atoms with Gasteiger partial charge in [0.15, 0.2) is 0 Å². The third-order valence-corrected chi connectivity index (χ3v) is 1.61. The number of allylic oxidation sites excluding steroid dienone is 2. The maximum Gasteiger partial charge on any atom is 0.122 e. The summed E-state index contributed by atoms with van der Waals surface area (Å²) in [7, 11) is 0. The summed E-state index contributed by atoms with van der Waals surface area (Å²) in [6.07, 6.45) is 5.77. The molecule has 0 radical (unpaired) electrons. The predicted molar refractivity (Wildman–Crippen MR) is 43.6 cm³/mol. The van der Waals surface area contributed by atoms with Gasteiger partial charge >= 0.3 is 0 Å². The van der Waals surface area contributed by atoms with E-state index in [4.69, 9.17) is 5.73 Å². The van der Waals surface area contributed by atoms with Crippen molar-refractivity contribution in [2.45, 2.75) is 6.42 Å². The zero-order valence-corrected chi connectivity index (χ0v) is 6.46. The minimum atomic E-state index is -0.144. The van der Waals surface area contributed by atoms with Crippen molar-refractivity contribution in [3.8, 4) is 0 Å². The van der Waals surface area contributed by atoms with E-state index in [9.17, 15) is 4.39 Å². The predicted octanol–water partition coefficient (Wildman–Crippen LogP) is 1.02. The SMILES string of the molecule is NCCCN1C=CC(F)=CC1. The van der Waals surface area contributed by atoms with Crippen LogP contribution in [-0.4, -0.2) is 24.5 Å². The quantitative estimate of drug-likeness (QED) is 0.661. The van der Waals surface area contributed by atoms with Gasteiger partial charge in [-0.05, 0) is 25.1 Å². The molecular weight excluding hydrogens is 143 g/mol. The lowest BCUT2D eigenvalue weighted by molar-refractivity contribution is 0.397. The van der Waals surface area contributed by atoms with E-state index in [1.807, 2.05) is 4.90 Å². The smallest absolute Gasteiger partial charge is 0.122 e. The number of nitrogens with two attached hydrogens (primary N) is 1. The van der Waals surface area contributed by atoms with Gasteiger partial charge in [-0.3, -0.25) is 0 Å². The second kappa shape index (κ2) is 4.13. The molecule has 11 heavy (non-hydrogen) atoms. The molecule has 0 amide bonds. The summed E-state index contributed by atoms with van der Waals surface area (Å²) in [5.41, 5.74) is 5.33. The van der Waals surface area contributed by atoms with E-state index in [1.165, 1.54) is 6.08 Å². The van der Waals surface area contributed by atoms with Gasteiger partial charge in [0.2, 0.25) is 0 Å². The fourth-order valence-corrected chi connectivity index (χ4v) is 0.970. The van der Waals surface area contributed by atoms with E-state index in [0.29, 0.717) is 13.1 Å². The topological polar surface area (TPSA) is 29.3 Å². The largest absolute Gasteiger partial charge is 0.373 e. The highest BCUT2D eigenvalue weighted by atomic mass is 19.1. The number of rotatable bonds is 3. The Kier molecular flexibility index (Phi) is 3.11. The number of halogens is 1. The van der Waals surface area contributed by atoms with Gasteiger partial charge in [0.25, 0.3) is 0 Å². The molecule has 3 heteroatoms. The number of hydrogen-bond donors (Lipinski definition) is 1. The van der Waals surface area contributed by atoms with Crippen LogP contribution in [0.5, 0.6) is 0 Å². The van der Waals surface area contributed by atoms with E-state index in [2.05, 4.69) is 0 Å². The Morgan fingerprint density at radius 1 is 1.64 bits per heavy atom. The van der Waals surface area contributed by atoms with Crippen LogP contribution in [-0.2, 0) is 0 Å². The molecule has 0 atom stereocenters. The van der Waals surface area contributed by atoms with Crippen molar-refractivity contribution in [3.05, 3.63) is 24.2 Å². The molecule has 2 nitrogen and oxygen atoms in total. The first kappa shape index (κ1) is 8.27. The van der Waals surface area contributed by atoms with Crippen LogP contribution in [0.2, 0.25) is 0 Å². The monoisotopic (exact) mass is 156 g/mol. The van der Waals surface area contributed by atoms with Gasteiger partial charge in [-0.2, -0.15) is 0 Å². The van der Waals surface area contributed by atoms with Gasteiger partial charge in [0.1, 0.15) is 5.83 Å². The van der Waals surface area contributed by atoms with Crippen molar-refractivity contribution in [2.24, 2.45) is 5.73 Å². The summed E-state index contributed by atoms with van der Waals surface area (Å²) in [4.78, 5) is 2.04. The molecule has 0 bridgehead atoms. The Hall–Kier alpha value is -0.830. The summed E-state index contributed by atoms with van der Waals surface area (Å²) in [6.45, 7) is 2.27. The lowest BCUT2D eigenvalue weighted by Gasteiger charge is -2.20. The molecule has 1 aliphatic rings. The minimum Gasteiger partial charge on any atom is -0.373 e. The Balaban J connectivity index is 2.25. The Morgan fingerprint density at radius 3 is 3.00 bits per heavy atom. The average molecular weight is 156 g/mol. The second-order valence-corrected chi connectivity index (χ2v) is 2.54. The Bertz CT molecular complexity index is 175. The molecule has 0 aromatic heterocycles. The standard InChI is InChI=1S/C8H13FN2/c9-8-2-6-11(7-3-8)5-1-4-10/h2-3,6H,1,4-5,7,10H2. The molecule has 0 spiro atoms. The molecule has 0 aliphatic carbocycles. The van der Waals surface area contributed by atoms with Gasteiger partial charge in [-0.15, -0.1) is 0 Å². The van der Waals surface area contributed by atoms with Gasteiger partial charge < -0.3 is 10.6 Å². The van der Waals surface area contributed by atoms with E-state index in [1.54, 1.807) is 12.3 Å². The van der Waals surface area contributed by atoms with Crippen molar-refractivity contribution in [1.82, 2.24) is 4.90 Å². The molecule has 2 N–H and O–H groups in total. The summed E-state index contributed by atoms with van der Waals surface area (Å²) < 4.78 is 12.4. The van der Waals surface area contributed by atoms with Crippen molar-refractivity contribution >= 4 is 0 Å². The minimum absolute atomic E-state index is 0.144. The average Bonchev–Trinajstić information content (AvgIpc) is 2.04. The van der Waals surface area contributed by atoms with Crippen LogP contribution in [0.25, 0.3) is 0 Å². The fourth-order valence-electron chi connectivity index (χ4n) is 0.970. The molecule has 1 heterocycles. The maximum absolute atomic E-state index is 12.4. The molecule has 0 saturated heterocycles. The highest BCUT2D eigenvalue weighted by molar-refractivity contribution is 5.15. The van der Waals surface area contributed by atoms with Crippen LogP contribution >= 0.6 is 0 Å². The van der Waals surface area contributed by atoms with Crippen molar-refractivity contribution in [2.75, 3.05) is 19.6 Å². The Labute approximate surface area is 66.2 Å².